The van der Waals surface area contributed by atoms with Gasteiger partial charge in [0.15, 0.2) is 5.65 Å². The van der Waals surface area contributed by atoms with Crippen molar-refractivity contribution in [2.45, 2.75) is 45.1 Å². The first-order valence-electron chi connectivity index (χ1n) is 8.95. The lowest BCUT2D eigenvalue weighted by atomic mass is 10.0. The SMILES string of the molecule is CN(C(=O)c1cnc2[nH]c(=O)[nH]c2c1)C(C)(C)CN1CCCCCC1. The lowest BCUT2D eigenvalue weighted by Crippen LogP contribution is -2.52. The molecule has 1 aliphatic heterocycles. The van der Waals surface area contributed by atoms with Crippen LogP contribution in [0.4, 0.5) is 0 Å². The number of carbonyl (C=O) groups excluding carboxylic acids is 1. The van der Waals surface area contributed by atoms with E-state index in [9.17, 15) is 9.59 Å². The standard InChI is InChI=1S/C18H27N5O2/c1-18(2,12-23-8-6-4-5-7-9-23)22(3)16(24)13-10-14-15(19-11-13)21-17(25)20-14/h10-11H,4-9,12H2,1-3H3,(H2,19,20,21,25). The number of aromatic nitrogens is 3. The van der Waals surface area contributed by atoms with Crippen molar-refractivity contribution in [1.29, 1.82) is 0 Å². The van der Waals surface area contributed by atoms with Gasteiger partial charge in [0.2, 0.25) is 0 Å². The van der Waals surface area contributed by atoms with Gasteiger partial charge in [0.1, 0.15) is 0 Å². The Morgan fingerprint density at radius 2 is 1.92 bits per heavy atom. The Labute approximate surface area is 147 Å². The highest BCUT2D eigenvalue weighted by Gasteiger charge is 2.31. The smallest absolute Gasteiger partial charge is 0.325 e. The summed E-state index contributed by atoms with van der Waals surface area (Å²) in [4.78, 5) is 37.9. The monoisotopic (exact) mass is 345 g/mol. The number of rotatable bonds is 4. The molecule has 0 spiro atoms. The first-order valence-corrected chi connectivity index (χ1v) is 8.95. The second kappa shape index (κ2) is 7.00. The van der Waals surface area contributed by atoms with Gasteiger partial charge in [-0.3, -0.25) is 9.78 Å². The molecular formula is C18H27N5O2. The summed E-state index contributed by atoms with van der Waals surface area (Å²) in [7, 11) is 1.84. The van der Waals surface area contributed by atoms with Crippen molar-refractivity contribution < 1.29 is 4.79 Å². The highest BCUT2D eigenvalue weighted by molar-refractivity contribution is 5.96. The number of nitrogens with zero attached hydrogens (tertiary/aromatic N) is 3. The van der Waals surface area contributed by atoms with E-state index in [-0.39, 0.29) is 17.1 Å². The average Bonchev–Trinajstić information content (AvgIpc) is 2.76. The second-order valence-electron chi connectivity index (χ2n) is 7.57. The molecule has 1 fully saturated rings. The van der Waals surface area contributed by atoms with Crippen LogP contribution in [0.25, 0.3) is 11.2 Å². The van der Waals surface area contributed by atoms with Crippen LogP contribution in [0, 0.1) is 0 Å². The molecule has 0 bridgehead atoms. The van der Waals surface area contributed by atoms with Crippen molar-refractivity contribution in [3.8, 4) is 0 Å². The van der Waals surface area contributed by atoms with E-state index >= 15 is 0 Å². The molecule has 2 N–H and O–H groups in total. The Kier molecular flexibility index (Phi) is 4.94. The van der Waals surface area contributed by atoms with E-state index in [1.807, 2.05) is 7.05 Å². The number of fused-ring (bicyclic) bond motifs is 1. The maximum atomic E-state index is 12.9. The fourth-order valence-corrected chi connectivity index (χ4v) is 3.45. The number of nitrogens with one attached hydrogen (secondary N) is 2. The normalized spacial score (nSPS) is 16.8. The molecule has 3 rings (SSSR count). The Bertz CT molecular complexity index is 799. The third-order valence-corrected chi connectivity index (χ3v) is 5.14. The van der Waals surface area contributed by atoms with E-state index in [0.29, 0.717) is 16.7 Å². The van der Waals surface area contributed by atoms with Crippen LogP contribution in [0.2, 0.25) is 0 Å². The van der Waals surface area contributed by atoms with Gasteiger partial charge in [-0.05, 0) is 45.8 Å². The molecule has 2 aromatic heterocycles. The molecule has 0 atom stereocenters. The molecule has 7 nitrogen and oxygen atoms in total. The third-order valence-electron chi connectivity index (χ3n) is 5.14. The number of aromatic amines is 2. The number of imidazole rings is 1. The molecule has 1 aliphatic rings. The fraction of sp³-hybridized carbons (Fsp3) is 0.611. The van der Waals surface area contributed by atoms with Gasteiger partial charge in [-0.1, -0.05) is 12.8 Å². The number of H-pyrrole nitrogens is 2. The minimum absolute atomic E-state index is 0.0868. The van der Waals surface area contributed by atoms with Crippen LogP contribution in [0.3, 0.4) is 0 Å². The first kappa shape index (κ1) is 17.7. The zero-order valence-corrected chi connectivity index (χ0v) is 15.3. The molecule has 7 heteroatoms. The molecule has 0 unspecified atom stereocenters. The second-order valence-corrected chi connectivity index (χ2v) is 7.57. The molecule has 2 aromatic rings. The zero-order valence-electron chi connectivity index (χ0n) is 15.3. The molecule has 25 heavy (non-hydrogen) atoms. The largest absolute Gasteiger partial charge is 0.335 e. The lowest BCUT2D eigenvalue weighted by Gasteiger charge is -2.39. The molecule has 1 amide bonds. The maximum Gasteiger partial charge on any atom is 0.325 e. The van der Waals surface area contributed by atoms with Gasteiger partial charge in [0.05, 0.1) is 11.1 Å². The molecule has 0 radical (unpaired) electrons. The Hall–Kier alpha value is -2.15. The summed E-state index contributed by atoms with van der Waals surface area (Å²) in [5.41, 5.74) is 0.890. The number of hydrogen-bond donors (Lipinski definition) is 2. The maximum absolute atomic E-state index is 12.9. The molecule has 0 aliphatic carbocycles. The van der Waals surface area contributed by atoms with Crippen molar-refractivity contribution in [2.75, 3.05) is 26.7 Å². The van der Waals surface area contributed by atoms with Crippen LogP contribution in [-0.4, -0.2) is 62.9 Å². The van der Waals surface area contributed by atoms with Gasteiger partial charge in [-0.25, -0.2) is 9.78 Å². The van der Waals surface area contributed by atoms with Gasteiger partial charge >= 0.3 is 5.69 Å². The van der Waals surface area contributed by atoms with Crippen LogP contribution < -0.4 is 5.69 Å². The van der Waals surface area contributed by atoms with Crippen LogP contribution in [0.1, 0.15) is 49.9 Å². The van der Waals surface area contributed by atoms with Crippen molar-refractivity contribution in [3.63, 3.8) is 0 Å². The van der Waals surface area contributed by atoms with Crippen LogP contribution in [-0.2, 0) is 0 Å². The Morgan fingerprint density at radius 3 is 2.60 bits per heavy atom. The fourth-order valence-electron chi connectivity index (χ4n) is 3.45. The van der Waals surface area contributed by atoms with E-state index < -0.39 is 0 Å². The van der Waals surface area contributed by atoms with E-state index in [4.69, 9.17) is 0 Å². The summed E-state index contributed by atoms with van der Waals surface area (Å²) >= 11 is 0. The highest BCUT2D eigenvalue weighted by Crippen LogP contribution is 2.20. The summed E-state index contributed by atoms with van der Waals surface area (Å²) < 4.78 is 0. The number of likely N-dealkylation sites (N-methyl/N-ethyl adjacent to an activating group) is 1. The average molecular weight is 345 g/mol. The van der Waals surface area contributed by atoms with E-state index in [1.54, 1.807) is 11.0 Å². The van der Waals surface area contributed by atoms with Gasteiger partial charge in [0, 0.05) is 25.3 Å². The minimum atomic E-state index is -0.318. The lowest BCUT2D eigenvalue weighted by molar-refractivity contribution is 0.0536. The number of hydrogen-bond acceptors (Lipinski definition) is 4. The Balaban J connectivity index is 1.75. The predicted octanol–water partition coefficient (Wildman–Crippen LogP) is 1.98. The number of likely N-dealkylation sites (tertiary alicyclic amines) is 1. The van der Waals surface area contributed by atoms with Crippen LogP contribution in [0.15, 0.2) is 17.1 Å². The number of pyridine rings is 1. The molecule has 3 heterocycles. The minimum Gasteiger partial charge on any atom is -0.335 e. The quantitative estimate of drug-likeness (QED) is 0.887. The Morgan fingerprint density at radius 1 is 1.24 bits per heavy atom. The molecule has 0 saturated carbocycles. The summed E-state index contributed by atoms with van der Waals surface area (Å²) in [6.07, 6.45) is 6.58. The van der Waals surface area contributed by atoms with Gasteiger partial charge in [-0.2, -0.15) is 0 Å². The predicted molar refractivity (Wildman–Crippen MR) is 97.8 cm³/mol. The van der Waals surface area contributed by atoms with Crippen molar-refractivity contribution in [2.24, 2.45) is 0 Å². The van der Waals surface area contributed by atoms with Crippen LogP contribution >= 0.6 is 0 Å². The van der Waals surface area contributed by atoms with E-state index in [0.717, 1.165) is 19.6 Å². The van der Waals surface area contributed by atoms with Gasteiger partial charge in [-0.15, -0.1) is 0 Å². The van der Waals surface area contributed by atoms with Crippen molar-refractivity contribution >= 4 is 17.1 Å². The van der Waals surface area contributed by atoms with E-state index in [1.165, 1.54) is 31.9 Å². The number of carbonyl (C=O) groups is 1. The first-order chi connectivity index (χ1) is 11.9. The topological polar surface area (TPSA) is 85.1 Å². The van der Waals surface area contributed by atoms with Gasteiger partial charge < -0.3 is 14.8 Å². The summed E-state index contributed by atoms with van der Waals surface area (Å²) in [5, 5.41) is 0. The molecule has 0 aromatic carbocycles. The van der Waals surface area contributed by atoms with E-state index in [2.05, 4.69) is 33.7 Å². The highest BCUT2D eigenvalue weighted by atomic mass is 16.2. The molecule has 1 saturated heterocycles. The summed E-state index contributed by atoms with van der Waals surface area (Å²) in [6, 6.07) is 1.68. The summed E-state index contributed by atoms with van der Waals surface area (Å²) in [6.45, 7) is 7.25. The van der Waals surface area contributed by atoms with Crippen molar-refractivity contribution in [1.82, 2.24) is 24.8 Å². The van der Waals surface area contributed by atoms with Crippen molar-refractivity contribution in [3.05, 3.63) is 28.3 Å². The molecular weight excluding hydrogens is 318 g/mol. The van der Waals surface area contributed by atoms with Crippen LogP contribution in [0.5, 0.6) is 0 Å². The third kappa shape index (κ3) is 3.92. The number of amides is 1. The molecule has 136 valence electrons. The zero-order chi connectivity index (χ0) is 18.0. The summed E-state index contributed by atoms with van der Waals surface area (Å²) in [5.74, 6) is -0.0868. The van der Waals surface area contributed by atoms with Gasteiger partial charge in [0.25, 0.3) is 5.91 Å².